The van der Waals surface area contributed by atoms with Gasteiger partial charge in [0.05, 0.1) is 19.3 Å². The van der Waals surface area contributed by atoms with Crippen molar-refractivity contribution in [3.8, 4) is 5.75 Å². The van der Waals surface area contributed by atoms with Gasteiger partial charge in [-0.2, -0.15) is 0 Å². The summed E-state index contributed by atoms with van der Waals surface area (Å²) in [7, 11) is 1.69. The molecule has 28 heavy (non-hydrogen) atoms. The van der Waals surface area contributed by atoms with Gasteiger partial charge in [-0.15, -0.1) is 5.10 Å². The Morgan fingerprint density at radius 2 is 2.14 bits per heavy atom. The Morgan fingerprint density at radius 3 is 2.89 bits per heavy atom. The van der Waals surface area contributed by atoms with Crippen LogP contribution < -0.4 is 4.74 Å². The lowest BCUT2D eigenvalue weighted by Gasteiger charge is -2.33. The first kappa shape index (κ1) is 19.3. The molecule has 0 unspecified atom stereocenters. The zero-order valence-corrected chi connectivity index (χ0v) is 17.4. The summed E-state index contributed by atoms with van der Waals surface area (Å²) in [5.41, 5.74) is 2.18. The molecule has 0 radical (unpaired) electrons. The van der Waals surface area contributed by atoms with Crippen LogP contribution >= 0.6 is 11.5 Å². The van der Waals surface area contributed by atoms with Gasteiger partial charge in [0.15, 0.2) is 0 Å². The van der Waals surface area contributed by atoms with Crippen molar-refractivity contribution in [2.45, 2.75) is 44.1 Å². The van der Waals surface area contributed by atoms with Crippen LogP contribution in [0.25, 0.3) is 0 Å². The Bertz CT molecular complexity index is 797. The first-order valence-corrected chi connectivity index (χ1v) is 10.9. The van der Waals surface area contributed by atoms with Crippen molar-refractivity contribution in [2.24, 2.45) is 0 Å². The van der Waals surface area contributed by atoms with Crippen molar-refractivity contribution in [1.82, 2.24) is 19.4 Å². The van der Waals surface area contributed by atoms with Crippen LogP contribution in [0.4, 0.5) is 0 Å². The first-order valence-electron chi connectivity index (χ1n) is 10.1. The minimum absolute atomic E-state index is 0.175. The highest BCUT2D eigenvalue weighted by molar-refractivity contribution is 7.03. The Labute approximate surface area is 170 Å². The topological polar surface area (TPSA) is 58.6 Å². The van der Waals surface area contributed by atoms with Gasteiger partial charge in [-0.3, -0.25) is 9.69 Å². The highest BCUT2D eigenvalue weighted by Gasteiger charge is 2.39. The summed E-state index contributed by atoms with van der Waals surface area (Å²) in [5.74, 6) is 1.46. The molecule has 6 nitrogen and oxygen atoms in total. The summed E-state index contributed by atoms with van der Waals surface area (Å²) in [6.45, 7) is 5.21. The third-order valence-electron chi connectivity index (χ3n) is 6.23. The molecule has 0 bridgehead atoms. The second-order valence-corrected chi connectivity index (χ2v) is 8.54. The van der Waals surface area contributed by atoms with Crippen LogP contribution in [0, 0.1) is 0 Å². The largest absolute Gasteiger partial charge is 0.497 e. The quantitative estimate of drug-likeness (QED) is 0.772. The van der Waals surface area contributed by atoms with Crippen LogP contribution in [0.5, 0.6) is 5.75 Å². The zero-order valence-electron chi connectivity index (χ0n) is 16.6. The van der Waals surface area contributed by atoms with E-state index in [1.165, 1.54) is 36.4 Å². The third-order valence-corrected chi connectivity index (χ3v) is 6.75. The van der Waals surface area contributed by atoms with Crippen molar-refractivity contribution in [1.29, 1.82) is 0 Å². The summed E-state index contributed by atoms with van der Waals surface area (Å²) < 4.78 is 9.47. The van der Waals surface area contributed by atoms with E-state index in [1.807, 2.05) is 22.4 Å². The normalized spacial score (nSPS) is 25.8. The van der Waals surface area contributed by atoms with E-state index in [2.05, 4.69) is 33.5 Å². The summed E-state index contributed by atoms with van der Waals surface area (Å²) in [5, 5.41) is 6.34. The molecule has 7 heteroatoms. The fourth-order valence-electron chi connectivity index (χ4n) is 4.52. The van der Waals surface area contributed by atoms with E-state index in [4.69, 9.17) is 4.74 Å². The summed E-state index contributed by atoms with van der Waals surface area (Å²) in [6.07, 6.45) is 3.65. The number of nitrogens with zero attached hydrogens (tertiary/aromatic N) is 4. The smallest absolute Gasteiger partial charge is 0.236 e. The lowest BCUT2D eigenvalue weighted by atomic mass is 9.87. The molecule has 0 saturated carbocycles. The maximum absolute atomic E-state index is 13.1. The fraction of sp³-hybridized carbons (Fsp3) is 0.571. The van der Waals surface area contributed by atoms with Crippen LogP contribution in [0.2, 0.25) is 0 Å². The molecule has 1 aromatic carbocycles. The molecule has 2 fully saturated rings. The lowest BCUT2D eigenvalue weighted by Crippen LogP contribution is -2.45. The Balaban J connectivity index is 1.53. The monoisotopic (exact) mass is 400 g/mol. The summed E-state index contributed by atoms with van der Waals surface area (Å²) in [6, 6.07) is 8.68. The second-order valence-electron chi connectivity index (χ2n) is 7.93. The van der Waals surface area contributed by atoms with Crippen LogP contribution in [0.1, 0.15) is 49.3 Å². The second kappa shape index (κ2) is 8.57. The van der Waals surface area contributed by atoms with Crippen molar-refractivity contribution >= 4 is 17.4 Å². The van der Waals surface area contributed by atoms with E-state index in [9.17, 15) is 4.79 Å². The van der Waals surface area contributed by atoms with E-state index >= 15 is 0 Å². The number of piperidine rings is 1. The molecule has 1 aromatic heterocycles. The SMILES string of the molecule is COc1cccc([C@@H]2CN(C(=O)CN3CCCC[C@@H]3C)C[C@H]2c2csnn2)c1. The van der Waals surface area contributed by atoms with Crippen LogP contribution in [0.15, 0.2) is 29.6 Å². The van der Waals surface area contributed by atoms with Crippen molar-refractivity contribution in [2.75, 3.05) is 33.3 Å². The minimum Gasteiger partial charge on any atom is -0.497 e. The molecule has 3 heterocycles. The van der Waals surface area contributed by atoms with Gasteiger partial charge in [0.1, 0.15) is 5.75 Å². The molecule has 150 valence electrons. The van der Waals surface area contributed by atoms with Crippen LogP contribution in [0.3, 0.4) is 0 Å². The number of carbonyl (C=O) groups excluding carboxylic acids is 1. The number of hydrogen-bond acceptors (Lipinski definition) is 6. The summed E-state index contributed by atoms with van der Waals surface area (Å²) >= 11 is 1.37. The number of hydrogen-bond donors (Lipinski definition) is 0. The fourth-order valence-corrected chi connectivity index (χ4v) is 5.04. The number of amides is 1. The average molecular weight is 401 g/mol. The first-order chi connectivity index (χ1) is 13.7. The number of methoxy groups -OCH3 is 1. The molecular formula is C21H28N4O2S. The number of rotatable bonds is 5. The molecule has 0 aliphatic carbocycles. The Kier molecular flexibility index (Phi) is 5.92. The lowest BCUT2D eigenvalue weighted by molar-refractivity contribution is -0.132. The number of aromatic nitrogens is 2. The van der Waals surface area contributed by atoms with Crippen molar-refractivity contribution in [3.63, 3.8) is 0 Å². The van der Waals surface area contributed by atoms with Gasteiger partial charge < -0.3 is 9.64 Å². The highest BCUT2D eigenvalue weighted by atomic mass is 32.1. The van der Waals surface area contributed by atoms with Gasteiger partial charge in [-0.1, -0.05) is 23.0 Å². The van der Waals surface area contributed by atoms with E-state index < -0.39 is 0 Å². The van der Waals surface area contributed by atoms with E-state index in [-0.39, 0.29) is 17.7 Å². The van der Waals surface area contributed by atoms with Crippen molar-refractivity contribution < 1.29 is 9.53 Å². The average Bonchev–Trinajstić information content (AvgIpc) is 3.39. The van der Waals surface area contributed by atoms with Gasteiger partial charge in [-0.05, 0) is 55.5 Å². The molecule has 3 atom stereocenters. The molecule has 0 N–H and O–H groups in total. The number of benzene rings is 1. The molecule has 2 aromatic rings. The highest BCUT2D eigenvalue weighted by Crippen LogP contribution is 2.40. The third kappa shape index (κ3) is 4.05. The van der Waals surface area contributed by atoms with E-state index in [1.54, 1.807) is 7.11 Å². The summed E-state index contributed by atoms with van der Waals surface area (Å²) in [4.78, 5) is 17.5. The van der Waals surface area contributed by atoms with Crippen molar-refractivity contribution in [3.05, 3.63) is 40.9 Å². The molecule has 4 rings (SSSR count). The Hall–Kier alpha value is -1.99. The van der Waals surface area contributed by atoms with Crippen LogP contribution in [-0.4, -0.2) is 64.6 Å². The molecule has 2 aliphatic heterocycles. The predicted octanol–water partition coefficient (Wildman–Crippen LogP) is 3.13. The van der Waals surface area contributed by atoms with E-state index in [0.29, 0.717) is 19.1 Å². The number of likely N-dealkylation sites (tertiary alicyclic amines) is 2. The molecular weight excluding hydrogens is 372 g/mol. The number of ether oxygens (including phenoxy) is 1. The van der Waals surface area contributed by atoms with Gasteiger partial charge in [0, 0.05) is 36.3 Å². The van der Waals surface area contributed by atoms with Gasteiger partial charge in [0.25, 0.3) is 0 Å². The van der Waals surface area contributed by atoms with Gasteiger partial charge in [-0.25, -0.2) is 0 Å². The maximum Gasteiger partial charge on any atom is 0.236 e. The molecule has 0 spiro atoms. The van der Waals surface area contributed by atoms with E-state index in [0.717, 1.165) is 24.5 Å². The zero-order chi connectivity index (χ0) is 19.5. The van der Waals surface area contributed by atoms with Gasteiger partial charge >= 0.3 is 0 Å². The van der Waals surface area contributed by atoms with Crippen LogP contribution in [-0.2, 0) is 4.79 Å². The molecule has 1 amide bonds. The maximum atomic E-state index is 13.1. The molecule has 2 saturated heterocycles. The number of carbonyl (C=O) groups is 1. The predicted molar refractivity (Wildman–Crippen MR) is 110 cm³/mol. The standard InChI is InChI=1S/C21H28N4O2S/c1-15-6-3-4-9-24(15)13-21(26)25-11-18(16-7-5-8-17(10-16)27-2)19(12-25)20-14-28-23-22-20/h5,7-8,10,14-15,18-19H,3-4,6,9,11-13H2,1-2H3/t15-,18-,19+/m0/s1. The Morgan fingerprint density at radius 1 is 1.29 bits per heavy atom. The minimum atomic E-state index is 0.175. The molecule has 2 aliphatic rings. The van der Waals surface area contributed by atoms with Gasteiger partial charge in [0.2, 0.25) is 5.91 Å².